The van der Waals surface area contributed by atoms with Crippen molar-refractivity contribution in [3.63, 3.8) is 0 Å². The van der Waals surface area contributed by atoms with Crippen LogP contribution >= 0.6 is 23.5 Å². The van der Waals surface area contributed by atoms with E-state index in [-0.39, 0.29) is 18.9 Å². The predicted octanol–water partition coefficient (Wildman–Crippen LogP) is 8.16. The molecule has 6 heterocycles. The van der Waals surface area contributed by atoms with Gasteiger partial charge in [-0.1, -0.05) is 108 Å². The van der Waals surface area contributed by atoms with Gasteiger partial charge in [-0.15, -0.1) is 35.4 Å². The second kappa shape index (κ2) is 16.4. The van der Waals surface area contributed by atoms with Gasteiger partial charge in [-0.3, -0.25) is 0 Å². The molecule has 228 valence electrons. The molecule has 0 saturated heterocycles. The Morgan fingerprint density at radius 3 is 1.06 bits per heavy atom. The van der Waals surface area contributed by atoms with E-state index in [9.17, 15) is 0 Å². The molecule has 6 aromatic carbocycles. The molecule has 0 N–H and O–H groups in total. The van der Waals surface area contributed by atoms with E-state index in [4.69, 9.17) is 9.47 Å². The predicted molar refractivity (Wildman–Crippen MR) is 194 cm³/mol. The summed E-state index contributed by atoms with van der Waals surface area (Å²) in [4.78, 5) is 0. The molecule has 6 aliphatic heterocycles. The summed E-state index contributed by atoms with van der Waals surface area (Å²) in [6.07, 6.45) is 0. The van der Waals surface area contributed by atoms with Gasteiger partial charge in [0.1, 0.15) is 24.7 Å². The monoisotopic (exact) mass is 642 g/mol. The molecule has 0 amide bonds. The van der Waals surface area contributed by atoms with Gasteiger partial charge in [-0.05, 0) is 57.6 Å². The van der Waals surface area contributed by atoms with Crippen molar-refractivity contribution in [2.24, 2.45) is 0 Å². The van der Waals surface area contributed by atoms with E-state index in [0.717, 1.165) is 56.8 Å². The minimum Gasteiger partial charge on any atom is -0.489 e. The molecule has 0 atom stereocenters. The van der Waals surface area contributed by atoms with E-state index < -0.39 is 0 Å². The number of hydrogen-bond donors (Lipinski definition) is 0. The molecule has 0 aliphatic carbocycles. The van der Waals surface area contributed by atoms with Crippen molar-refractivity contribution < 1.29 is 28.3 Å². The standard InChI is InChI=1S/C42H35O2S2.Li/c1-2-39-24-40(3-1)38-18-10-34(11-19-38)28-46-30-36-14-22-42(23-15-36)44-26-32-6-4-31(5-7-32)25-43-41-20-12-35(13-21-41)29-45-27-33-8-16-37(39)17-9-33;/h1-23H,25-30H2;/q-1;+1. The molecule has 2 nitrogen and oxygen atoms in total. The summed E-state index contributed by atoms with van der Waals surface area (Å²) in [5.74, 6) is 5.64. The molecule has 0 fully saturated rings. The molecule has 6 aliphatic rings. The molecule has 12 bridgehead atoms. The second-order valence-electron chi connectivity index (χ2n) is 11.5. The minimum atomic E-state index is 0. The minimum absolute atomic E-state index is 0. The van der Waals surface area contributed by atoms with Crippen molar-refractivity contribution in [3.05, 3.63) is 179 Å². The third-order valence-electron chi connectivity index (χ3n) is 8.08. The summed E-state index contributed by atoms with van der Waals surface area (Å²) in [6.45, 7) is 1.08. The van der Waals surface area contributed by atoms with Crippen LogP contribution in [0.1, 0.15) is 33.4 Å². The summed E-state index contributed by atoms with van der Waals surface area (Å²) in [6, 6.07) is 53.3. The van der Waals surface area contributed by atoms with Crippen molar-refractivity contribution in [1.82, 2.24) is 0 Å². The Morgan fingerprint density at radius 2 is 0.702 bits per heavy atom. The van der Waals surface area contributed by atoms with Crippen molar-refractivity contribution in [2.75, 3.05) is 0 Å². The third-order valence-corrected chi connectivity index (χ3v) is 10.2. The maximum Gasteiger partial charge on any atom is 1.00 e. The average Bonchev–Trinajstić information content (AvgIpc) is 3.12. The van der Waals surface area contributed by atoms with Crippen LogP contribution in [0.2, 0.25) is 0 Å². The van der Waals surface area contributed by atoms with Crippen molar-refractivity contribution >= 4 is 23.5 Å². The van der Waals surface area contributed by atoms with Gasteiger partial charge in [0.15, 0.2) is 0 Å². The van der Waals surface area contributed by atoms with Gasteiger partial charge in [0, 0.05) is 23.0 Å². The van der Waals surface area contributed by atoms with Crippen LogP contribution in [0.3, 0.4) is 0 Å². The van der Waals surface area contributed by atoms with E-state index in [0.29, 0.717) is 13.2 Å². The van der Waals surface area contributed by atoms with E-state index in [2.05, 4.69) is 146 Å². The Bertz CT molecular complexity index is 1720. The van der Waals surface area contributed by atoms with Crippen LogP contribution < -0.4 is 28.3 Å². The summed E-state index contributed by atoms with van der Waals surface area (Å²) in [5, 5.41) is 0. The van der Waals surface area contributed by atoms with Crippen LogP contribution in [0.4, 0.5) is 0 Å². The van der Waals surface area contributed by atoms with Gasteiger partial charge in [-0.25, -0.2) is 0 Å². The summed E-state index contributed by atoms with van der Waals surface area (Å²) >= 11 is 3.86. The van der Waals surface area contributed by atoms with E-state index >= 15 is 0 Å². The Morgan fingerprint density at radius 1 is 0.383 bits per heavy atom. The molecular weight excluding hydrogens is 608 g/mol. The zero-order chi connectivity index (χ0) is 31.0. The number of fused-ring (bicyclic) bond motifs is 5. The van der Waals surface area contributed by atoms with Crippen molar-refractivity contribution in [3.8, 4) is 33.8 Å². The Kier molecular flexibility index (Phi) is 11.5. The van der Waals surface area contributed by atoms with Gasteiger partial charge in [0.05, 0.1) is 0 Å². The van der Waals surface area contributed by atoms with Gasteiger partial charge in [-0.2, -0.15) is 23.5 Å². The van der Waals surface area contributed by atoms with E-state index in [1.165, 1.54) is 33.4 Å². The molecular formula is C42H35LiO2S2. The van der Waals surface area contributed by atoms with Gasteiger partial charge < -0.3 is 9.47 Å². The van der Waals surface area contributed by atoms with Gasteiger partial charge >= 0.3 is 18.9 Å². The molecule has 0 radical (unpaired) electrons. The van der Waals surface area contributed by atoms with Crippen molar-refractivity contribution in [1.29, 1.82) is 0 Å². The summed E-state index contributed by atoms with van der Waals surface area (Å²) < 4.78 is 12.1. The first kappa shape index (κ1) is 33.1. The number of thioether (sulfide) groups is 2. The van der Waals surface area contributed by atoms with Crippen LogP contribution in [0.15, 0.2) is 140 Å². The summed E-state index contributed by atoms with van der Waals surface area (Å²) in [7, 11) is 0. The van der Waals surface area contributed by atoms with Crippen LogP contribution in [0.5, 0.6) is 11.5 Å². The normalized spacial score (nSPS) is 13.4. The smallest absolute Gasteiger partial charge is 0.489 e. The Labute approximate surface area is 299 Å². The maximum atomic E-state index is 6.07. The quantitative estimate of drug-likeness (QED) is 0.123. The van der Waals surface area contributed by atoms with Gasteiger partial charge in [0.2, 0.25) is 0 Å². The van der Waals surface area contributed by atoms with Crippen molar-refractivity contribution in [2.45, 2.75) is 36.2 Å². The van der Waals surface area contributed by atoms with E-state index in [1.807, 2.05) is 23.5 Å². The molecule has 5 heteroatoms. The molecule has 12 rings (SSSR count). The number of ether oxygens (including phenoxy) is 2. The number of hydrogen-bond acceptors (Lipinski definition) is 4. The van der Waals surface area contributed by atoms with Gasteiger partial charge in [0.25, 0.3) is 0 Å². The molecule has 47 heavy (non-hydrogen) atoms. The fourth-order valence-electron chi connectivity index (χ4n) is 5.37. The third kappa shape index (κ3) is 9.19. The first-order valence-electron chi connectivity index (χ1n) is 15.6. The maximum absolute atomic E-state index is 6.07. The average molecular weight is 643 g/mol. The van der Waals surface area contributed by atoms with Crippen LogP contribution in [-0.2, 0) is 36.2 Å². The largest absolute Gasteiger partial charge is 1.00 e. The summed E-state index contributed by atoms with van der Waals surface area (Å²) in [5.41, 5.74) is 12.2. The molecule has 0 spiro atoms. The first-order chi connectivity index (χ1) is 22.7. The SMILES string of the molecule is [Li+].[c-]1c2cccc1-c1ccc(cc1)CSCc1ccc(cc1)OCc1ccc(cc1)COc1ccc(cc1)CSCc1ccc-2cc1. The fourth-order valence-corrected chi connectivity index (χ4v) is 7.29. The first-order valence-corrected chi connectivity index (χ1v) is 17.9. The Balaban J connectivity index is 0.00000386. The zero-order valence-electron chi connectivity index (χ0n) is 26.7. The fraction of sp³-hybridized carbons (Fsp3) is 0.143. The second-order valence-corrected chi connectivity index (χ2v) is 13.5. The molecule has 0 aromatic heterocycles. The van der Waals surface area contributed by atoms with Crippen LogP contribution in [-0.4, -0.2) is 0 Å². The van der Waals surface area contributed by atoms with Crippen LogP contribution in [0.25, 0.3) is 22.3 Å². The molecule has 6 aromatic rings. The molecule has 0 saturated carbocycles. The zero-order valence-corrected chi connectivity index (χ0v) is 28.3. The Hall–Kier alpha value is -3.78. The number of rotatable bonds is 0. The topological polar surface area (TPSA) is 18.5 Å². The van der Waals surface area contributed by atoms with Crippen LogP contribution in [0, 0.1) is 6.07 Å². The number of benzene rings is 6. The van der Waals surface area contributed by atoms with E-state index in [1.54, 1.807) is 0 Å². The molecule has 0 unspecified atom stereocenters.